The van der Waals surface area contributed by atoms with Crippen LogP contribution in [-0.2, 0) is 4.79 Å². The lowest BCUT2D eigenvalue weighted by Gasteiger charge is -2.37. The molecule has 0 aromatic carbocycles. The van der Waals surface area contributed by atoms with Crippen LogP contribution in [0.15, 0.2) is 0 Å². The van der Waals surface area contributed by atoms with E-state index in [0.29, 0.717) is 18.5 Å². The van der Waals surface area contributed by atoms with Gasteiger partial charge in [0.2, 0.25) is 5.91 Å². The van der Waals surface area contributed by atoms with Gasteiger partial charge in [0.1, 0.15) is 0 Å². The molecule has 1 fully saturated rings. The predicted molar refractivity (Wildman–Crippen MR) is 75.6 cm³/mol. The summed E-state index contributed by atoms with van der Waals surface area (Å²) in [5.41, 5.74) is 0. The van der Waals surface area contributed by atoms with Crippen molar-refractivity contribution in [1.29, 1.82) is 0 Å². The second-order valence-electron chi connectivity index (χ2n) is 5.23. The van der Waals surface area contributed by atoms with E-state index in [1.165, 1.54) is 0 Å². The molecule has 1 saturated heterocycles. The standard InChI is InChI=1S/C14H29N3O/c1-5-15-13-8-9-16(10-12(13)4)11-14(18)17(6-2)7-3/h12-13,15H,5-11H2,1-4H3. The van der Waals surface area contributed by atoms with Gasteiger partial charge in [-0.2, -0.15) is 0 Å². The minimum atomic E-state index is 0.272. The van der Waals surface area contributed by atoms with Gasteiger partial charge in [0.05, 0.1) is 6.54 Å². The summed E-state index contributed by atoms with van der Waals surface area (Å²) < 4.78 is 0. The van der Waals surface area contributed by atoms with Crippen LogP contribution >= 0.6 is 0 Å². The Morgan fingerprint density at radius 1 is 1.33 bits per heavy atom. The highest BCUT2D eigenvalue weighted by Gasteiger charge is 2.26. The summed E-state index contributed by atoms with van der Waals surface area (Å²) in [6.07, 6.45) is 1.15. The first-order valence-corrected chi connectivity index (χ1v) is 7.35. The number of piperidine rings is 1. The number of rotatable bonds is 6. The van der Waals surface area contributed by atoms with Crippen LogP contribution in [-0.4, -0.2) is 61.0 Å². The van der Waals surface area contributed by atoms with Crippen molar-refractivity contribution in [3.8, 4) is 0 Å². The Morgan fingerprint density at radius 3 is 2.50 bits per heavy atom. The van der Waals surface area contributed by atoms with Crippen molar-refractivity contribution in [2.45, 2.75) is 40.2 Å². The Hall–Kier alpha value is -0.610. The van der Waals surface area contributed by atoms with E-state index >= 15 is 0 Å². The molecule has 0 radical (unpaired) electrons. The molecule has 0 bridgehead atoms. The van der Waals surface area contributed by atoms with Crippen LogP contribution in [0.1, 0.15) is 34.1 Å². The number of nitrogens with one attached hydrogen (secondary N) is 1. The Balaban J connectivity index is 2.39. The number of likely N-dealkylation sites (N-methyl/N-ethyl adjacent to an activating group) is 1. The van der Waals surface area contributed by atoms with Crippen LogP contribution in [0.5, 0.6) is 0 Å². The van der Waals surface area contributed by atoms with Gasteiger partial charge in [0, 0.05) is 32.2 Å². The largest absolute Gasteiger partial charge is 0.342 e. The lowest BCUT2D eigenvalue weighted by Crippen LogP contribution is -2.51. The van der Waals surface area contributed by atoms with Crippen molar-refractivity contribution < 1.29 is 4.79 Å². The lowest BCUT2D eigenvalue weighted by molar-refractivity contribution is -0.132. The van der Waals surface area contributed by atoms with Crippen LogP contribution in [0, 0.1) is 5.92 Å². The summed E-state index contributed by atoms with van der Waals surface area (Å²) in [6.45, 7) is 13.8. The molecule has 0 aliphatic carbocycles. The van der Waals surface area contributed by atoms with Crippen molar-refractivity contribution in [1.82, 2.24) is 15.1 Å². The molecule has 0 aromatic rings. The zero-order valence-electron chi connectivity index (χ0n) is 12.4. The van der Waals surface area contributed by atoms with Crippen molar-refractivity contribution in [2.24, 2.45) is 5.92 Å². The Morgan fingerprint density at radius 2 is 2.00 bits per heavy atom. The van der Waals surface area contributed by atoms with Gasteiger partial charge in [-0.1, -0.05) is 13.8 Å². The molecule has 1 amide bonds. The number of hydrogen-bond acceptors (Lipinski definition) is 3. The Bertz CT molecular complexity index is 253. The first-order chi connectivity index (χ1) is 8.62. The Kier molecular flexibility index (Phi) is 6.65. The maximum Gasteiger partial charge on any atom is 0.236 e. The number of hydrogen-bond donors (Lipinski definition) is 1. The van der Waals surface area contributed by atoms with E-state index in [0.717, 1.165) is 39.1 Å². The average Bonchev–Trinajstić information content (AvgIpc) is 2.34. The topological polar surface area (TPSA) is 35.6 Å². The van der Waals surface area contributed by atoms with Gasteiger partial charge in [-0.15, -0.1) is 0 Å². The number of carbonyl (C=O) groups excluding carboxylic acids is 1. The van der Waals surface area contributed by atoms with E-state index in [1.807, 2.05) is 18.7 Å². The Labute approximate surface area is 112 Å². The predicted octanol–water partition coefficient (Wildman–Crippen LogP) is 1.17. The summed E-state index contributed by atoms with van der Waals surface area (Å²) in [6, 6.07) is 0.620. The zero-order chi connectivity index (χ0) is 13.5. The molecule has 0 aromatic heterocycles. The molecular formula is C14H29N3O. The molecule has 1 heterocycles. The first kappa shape index (κ1) is 15.4. The number of likely N-dealkylation sites (tertiary alicyclic amines) is 1. The fourth-order valence-corrected chi connectivity index (χ4v) is 2.81. The smallest absolute Gasteiger partial charge is 0.236 e. The van der Waals surface area contributed by atoms with Gasteiger partial charge in [-0.3, -0.25) is 9.69 Å². The van der Waals surface area contributed by atoms with E-state index in [2.05, 4.69) is 24.1 Å². The van der Waals surface area contributed by atoms with E-state index < -0.39 is 0 Å². The monoisotopic (exact) mass is 255 g/mol. The normalized spacial score (nSPS) is 25.1. The van der Waals surface area contributed by atoms with Crippen molar-refractivity contribution in [3.63, 3.8) is 0 Å². The van der Waals surface area contributed by atoms with Crippen LogP contribution in [0.3, 0.4) is 0 Å². The van der Waals surface area contributed by atoms with Crippen LogP contribution in [0.25, 0.3) is 0 Å². The van der Waals surface area contributed by atoms with E-state index in [9.17, 15) is 4.79 Å². The highest BCUT2D eigenvalue weighted by molar-refractivity contribution is 5.78. The lowest BCUT2D eigenvalue weighted by atomic mass is 9.94. The minimum absolute atomic E-state index is 0.272. The first-order valence-electron chi connectivity index (χ1n) is 7.35. The molecule has 2 unspecified atom stereocenters. The SMILES string of the molecule is CCNC1CCN(CC(=O)N(CC)CC)CC1C. The van der Waals surface area contributed by atoms with Gasteiger partial charge < -0.3 is 10.2 Å². The molecule has 1 rings (SSSR count). The second-order valence-corrected chi connectivity index (χ2v) is 5.23. The van der Waals surface area contributed by atoms with Gasteiger partial charge in [0.15, 0.2) is 0 Å². The quantitative estimate of drug-likeness (QED) is 0.774. The van der Waals surface area contributed by atoms with Crippen molar-refractivity contribution in [2.75, 3.05) is 39.3 Å². The molecule has 1 N–H and O–H groups in total. The minimum Gasteiger partial charge on any atom is -0.342 e. The summed E-state index contributed by atoms with van der Waals surface area (Å²) in [7, 11) is 0. The molecule has 1 aliphatic rings. The third kappa shape index (κ3) is 4.25. The zero-order valence-corrected chi connectivity index (χ0v) is 12.4. The maximum absolute atomic E-state index is 12.1. The molecule has 2 atom stereocenters. The molecule has 18 heavy (non-hydrogen) atoms. The third-order valence-electron chi connectivity index (χ3n) is 3.93. The fraction of sp³-hybridized carbons (Fsp3) is 0.929. The van der Waals surface area contributed by atoms with Gasteiger partial charge >= 0.3 is 0 Å². The van der Waals surface area contributed by atoms with Crippen molar-refractivity contribution >= 4 is 5.91 Å². The van der Waals surface area contributed by atoms with Gasteiger partial charge in [-0.25, -0.2) is 0 Å². The third-order valence-corrected chi connectivity index (χ3v) is 3.93. The van der Waals surface area contributed by atoms with E-state index in [1.54, 1.807) is 0 Å². The molecular weight excluding hydrogens is 226 g/mol. The van der Waals surface area contributed by atoms with E-state index in [4.69, 9.17) is 0 Å². The van der Waals surface area contributed by atoms with Crippen molar-refractivity contribution in [3.05, 3.63) is 0 Å². The molecule has 0 spiro atoms. The van der Waals surface area contributed by atoms with E-state index in [-0.39, 0.29) is 5.91 Å². The summed E-state index contributed by atoms with van der Waals surface area (Å²) in [4.78, 5) is 16.3. The summed E-state index contributed by atoms with van der Waals surface area (Å²) >= 11 is 0. The average molecular weight is 255 g/mol. The second kappa shape index (κ2) is 7.74. The summed E-state index contributed by atoms with van der Waals surface area (Å²) in [5.74, 6) is 0.900. The molecule has 4 heteroatoms. The van der Waals surface area contributed by atoms with Crippen LogP contribution < -0.4 is 5.32 Å². The molecule has 106 valence electrons. The number of amides is 1. The maximum atomic E-state index is 12.1. The highest BCUT2D eigenvalue weighted by atomic mass is 16.2. The fourth-order valence-electron chi connectivity index (χ4n) is 2.81. The van der Waals surface area contributed by atoms with Gasteiger partial charge in [0.25, 0.3) is 0 Å². The molecule has 1 aliphatic heterocycles. The number of nitrogens with zero attached hydrogens (tertiary/aromatic N) is 2. The molecule has 0 saturated carbocycles. The molecule has 4 nitrogen and oxygen atoms in total. The van der Waals surface area contributed by atoms with Gasteiger partial charge in [-0.05, 0) is 32.7 Å². The van der Waals surface area contributed by atoms with Crippen LogP contribution in [0.4, 0.5) is 0 Å². The summed E-state index contributed by atoms with van der Waals surface area (Å²) in [5, 5.41) is 3.53. The highest BCUT2D eigenvalue weighted by Crippen LogP contribution is 2.16. The number of carbonyl (C=O) groups is 1. The van der Waals surface area contributed by atoms with Crippen LogP contribution in [0.2, 0.25) is 0 Å².